The zero-order valence-electron chi connectivity index (χ0n) is 15.8. The number of methoxy groups -OCH3 is 2. The van der Waals surface area contributed by atoms with Gasteiger partial charge in [-0.2, -0.15) is 4.98 Å². The third-order valence-corrected chi connectivity index (χ3v) is 5.64. The highest BCUT2D eigenvalue weighted by atomic mass is 16.5. The minimum absolute atomic E-state index is 0.0213. The molecule has 2 fully saturated rings. The summed E-state index contributed by atoms with van der Waals surface area (Å²) < 4.78 is 10.4. The lowest BCUT2D eigenvalue weighted by Gasteiger charge is -2.53. The molecule has 1 aromatic heterocycles. The van der Waals surface area contributed by atoms with E-state index in [1.807, 2.05) is 11.0 Å². The van der Waals surface area contributed by atoms with Crippen LogP contribution in [0.25, 0.3) is 0 Å². The second-order valence-electron chi connectivity index (χ2n) is 7.19. The number of pyridine rings is 1. The van der Waals surface area contributed by atoms with Gasteiger partial charge in [0.25, 0.3) is 5.91 Å². The number of benzene rings is 1. The number of carbonyl (C=O) groups is 1. The molecule has 0 saturated carbocycles. The average molecular weight is 367 g/mol. The smallest absolute Gasteiger partial charge is 0.259 e. The van der Waals surface area contributed by atoms with Crippen molar-refractivity contribution in [3.8, 4) is 11.8 Å². The van der Waals surface area contributed by atoms with E-state index in [9.17, 15) is 4.79 Å². The van der Waals surface area contributed by atoms with Crippen molar-refractivity contribution in [3.63, 3.8) is 0 Å². The Morgan fingerprint density at radius 2 is 1.93 bits per heavy atom. The highest BCUT2D eigenvalue weighted by molar-refractivity contribution is 5.96. The molecule has 0 aliphatic carbocycles. The quantitative estimate of drug-likeness (QED) is 0.813. The molecular weight excluding hydrogens is 342 g/mol. The Morgan fingerprint density at radius 3 is 2.67 bits per heavy atom. The first-order chi connectivity index (χ1) is 13.2. The number of fused-ring (bicyclic) bond motifs is 1. The van der Waals surface area contributed by atoms with E-state index in [1.54, 1.807) is 19.2 Å². The van der Waals surface area contributed by atoms with Crippen molar-refractivity contribution >= 4 is 5.91 Å². The summed E-state index contributed by atoms with van der Waals surface area (Å²) in [6.07, 6.45) is 1.05. The Labute approximate surface area is 159 Å². The third-order valence-electron chi connectivity index (χ3n) is 5.64. The van der Waals surface area contributed by atoms with Crippen molar-refractivity contribution in [2.24, 2.45) is 5.92 Å². The highest BCUT2D eigenvalue weighted by Gasteiger charge is 2.43. The molecule has 2 aliphatic heterocycles. The van der Waals surface area contributed by atoms with E-state index in [0.717, 1.165) is 32.6 Å². The Hall–Kier alpha value is -2.60. The summed E-state index contributed by atoms with van der Waals surface area (Å²) in [6, 6.07) is 14.4. The Bertz CT molecular complexity index is 812. The van der Waals surface area contributed by atoms with Crippen LogP contribution in [0.1, 0.15) is 22.3 Å². The van der Waals surface area contributed by atoms with Crippen LogP contribution in [-0.2, 0) is 6.54 Å². The third kappa shape index (κ3) is 3.49. The summed E-state index contributed by atoms with van der Waals surface area (Å²) in [5, 5.41) is 0. The monoisotopic (exact) mass is 367 g/mol. The largest absolute Gasteiger partial charge is 0.481 e. The molecule has 2 aliphatic rings. The number of likely N-dealkylation sites (tertiary alicyclic amines) is 2. The molecule has 142 valence electrons. The standard InChI is InChI=1S/C21H25N3O3/c1-26-19-9-8-17(20(22-19)27-2)21(25)23-11-10-16-13-24(18(16)14-23)12-15-6-4-3-5-7-15/h3-9,16,18H,10-14H2,1-2H3/t16-,18-/m1/s1. The van der Waals surface area contributed by atoms with Crippen LogP contribution in [0, 0.1) is 5.92 Å². The van der Waals surface area contributed by atoms with E-state index >= 15 is 0 Å². The number of hydrogen-bond donors (Lipinski definition) is 0. The molecular formula is C21H25N3O3. The highest BCUT2D eigenvalue weighted by Crippen LogP contribution is 2.34. The summed E-state index contributed by atoms with van der Waals surface area (Å²) >= 11 is 0. The zero-order valence-corrected chi connectivity index (χ0v) is 15.8. The van der Waals surface area contributed by atoms with Crippen molar-refractivity contribution in [2.75, 3.05) is 33.9 Å². The normalized spacial score (nSPS) is 21.9. The van der Waals surface area contributed by atoms with Crippen LogP contribution in [0.2, 0.25) is 0 Å². The van der Waals surface area contributed by atoms with Crippen molar-refractivity contribution in [1.29, 1.82) is 0 Å². The SMILES string of the molecule is COc1ccc(C(=O)N2CC[C@@H]3CN(Cc4ccccc4)[C@@H]3C2)c(OC)n1. The van der Waals surface area contributed by atoms with Crippen molar-refractivity contribution in [3.05, 3.63) is 53.6 Å². The van der Waals surface area contributed by atoms with Crippen molar-refractivity contribution in [1.82, 2.24) is 14.8 Å². The Kier molecular flexibility index (Phi) is 4.99. The fourth-order valence-corrected chi connectivity index (χ4v) is 4.12. The summed E-state index contributed by atoms with van der Waals surface area (Å²) in [5.41, 5.74) is 1.81. The molecule has 27 heavy (non-hydrogen) atoms. The number of aromatic nitrogens is 1. The van der Waals surface area contributed by atoms with Crippen LogP contribution in [0.15, 0.2) is 42.5 Å². The second kappa shape index (κ2) is 7.56. The van der Waals surface area contributed by atoms with E-state index in [4.69, 9.17) is 9.47 Å². The molecule has 6 nitrogen and oxygen atoms in total. The minimum Gasteiger partial charge on any atom is -0.481 e. The number of carbonyl (C=O) groups excluding carboxylic acids is 1. The minimum atomic E-state index is -0.0213. The van der Waals surface area contributed by atoms with Gasteiger partial charge in [-0.05, 0) is 24.0 Å². The maximum atomic E-state index is 13.1. The summed E-state index contributed by atoms with van der Waals surface area (Å²) in [7, 11) is 3.07. The van der Waals surface area contributed by atoms with Gasteiger partial charge in [-0.1, -0.05) is 30.3 Å². The van der Waals surface area contributed by atoms with Crippen LogP contribution in [0.3, 0.4) is 0 Å². The van der Waals surface area contributed by atoms with Gasteiger partial charge in [0, 0.05) is 38.3 Å². The zero-order chi connectivity index (χ0) is 18.8. The molecule has 0 bridgehead atoms. The van der Waals surface area contributed by atoms with Gasteiger partial charge >= 0.3 is 0 Å². The lowest BCUT2D eigenvalue weighted by Crippen LogP contribution is -2.64. The Morgan fingerprint density at radius 1 is 1.11 bits per heavy atom. The van der Waals surface area contributed by atoms with Crippen LogP contribution < -0.4 is 9.47 Å². The predicted octanol–water partition coefficient (Wildman–Crippen LogP) is 2.45. The molecule has 2 saturated heterocycles. The van der Waals surface area contributed by atoms with Gasteiger partial charge in [0.1, 0.15) is 5.56 Å². The number of rotatable bonds is 5. The molecule has 1 aromatic carbocycles. The topological polar surface area (TPSA) is 54.9 Å². The molecule has 3 heterocycles. The number of ether oxygens (including phenoxy) is 2. The van der Waals surface area contributed by atoms with E-state index in [-0.39, 0.29) is 5.91 Å². The van der Waals surface area contributed by atoms with Gasteiger partial charge in [-0.3, -0.25) is 9.69 Å². The first-order valence-corrected chi connectivity index (χ1v) is 9.36. The maximum Gasteiger partial charge on any atom is 0.259 e. The number of hydrogen-bond acceptors (Lipinski definition) is 5. The molecule has 4 rings (SSSR count). The maximum absolute atomic E-state index is 13.1. The van der Waals surface area contributed by atoms with Gasteiger partial charge in [-0.15, -0.1) is 0 Å². The van der Waals surface area contributed by atoms with Crippen LogP contribution in [0.4, 0.5) is 0 Å². The van der Waals surface area contributed by atoms with E-state index in [1.165, 1.54) is 12.7 Å². The number of amides is 1. The van der Waals surface area contributed by atoms with E-state index in [0.29, 0.717) is 29.3 Å². The lowest BCUT2D eigenvalue weighted by molar-refractivity contribution is -0.0428. The number of nitrogens with zero attached hydrogens (tertiary/aromatic N) is 3. The van der Waals surface area contributed by atoms with E-state index < -0.39 is 0 Å². The van der Waals surface area contributed by atoms with Crippen LogP contribution >= 0.6 is 0 Å². The number of piperidine rings is 1. The second-order valence-corrected chi connectivity index (χ2v) is 7.19. The first kappa shape index (κ1) is 17.8. The van der Waals surface area contributed by atoms with Gasteiger partial charge in [0.2, 0.25) is 11.8 Å². The van der Waals surface area contributed by atoms with Crippen molar-refractivity contribution < 1.29 is 14.3 Å². The lowest BCUT2D eigenvalue weighted by atomic mass is 9.81. The molecule has 2 aromatic rings. The summed E-state index contributed by atoms with van der Waals surface area (Å²) in [5.74, 6) is 1.42. The molecule has 6 heteroatoms. The summed E-state index contributed by atoms with van der Waals surface area (Å²) in [6.45, 7) is 3.60. The molecule has 1 amide bonds. The molecule has 0 radical (unpaired) electrons. The van der Waals surface area contributed by atoms with Crippen molar-refractivity contribution in [2.45, 2.75) is 19.0 Å². The molecule has 0 unspecified atom stereocenters. The summed E-state index contributed by atoms with van der Waals surface area (Å²) in [4.78, 5) is 21.7. The van der Waals surface area contributed by atoms with Gasteiger partial charge < -0.3 is 14.4 Å². The Balaban J connectivity index is 1.45. The van der Waals surface area contributed by atoms with Crippen LogP contribution in [-0.4, -0.2) is 60.6 Å². The molecule has 2 atom stereocenters. The predicted molar refractivity (Wildman–Crippen MR) is 102 cm³/mol. The van der Waals surface area contributed by atoms with E-state index in [2.05, 4.69) is 34.1 Å². The average Bonchev–Trinajstić information content (AvgIpc) is 2.71. The van der Waals surface area contributed by atoms with Gasteiger partial charge in [-0.25, -0.2) is 0 Å². The fraction of sp³-hybridized carbons (Fsp3) is 0.429. The molecule has 0 N–H and O–H groups in total. The van der Waals surface area contributed by atoms with Crippen LogP contribution in [0.5, 0.6) is 11.8 Å². The first-order valence-electron chi connectivity index (χ1n) is 9.36. The fourth-order valence-electron chi connectivity index (χ4n) is 4.12. The van der Waals surface area contributed by atoms with Gasteiger partial charge in [0.15, 0.2) is 0 Å². The molecule has 0 spiro atoms. The van der Waals surface area contributed by atoms with Gasteiger partial charge in [0.05, 0.1) is 14.2 Å².